The van der Waals surface area contributed by atoms with Crippen molar-refractivity contribution < 1.29 is 9.84 Å². The third kappa shape index (κ3) is 3.63. The average Bonchev–Trinajstić information content (AvgIpc) is 2.48. The van der Waals surface area contributed by atoms with Crippen LogP contribution in [0, 0.1) is 5.92 Å². The lowest BCUT2D eigenvalue weighted by Gasteiger charge is -2.17. The van der Waals surface area contributed by atoms with Crippen molar-refractivity contribution in [2.45, 2.75) is 38.9 Å². The molecule has 0 aliphatic carbocycles. The van der Waals surface area contributed by atoms with Crippen molar-refractivity contribution in [1.29, 1.82) is 0 Å². The van der Waals surface area contributed by atoms with Gasteiger partial charge >= 0.3 is 0 Å². The topological polar surface area (TPSA) is 41.5 Å². The molecule has 3 unspecified atom stereocenters. The molecular formula is C10H21NO2. The van der Waals surface area contributed by atoms with Crippen LogP contribution in [0.3, 0.4) is 0 Å². The highest BCUT2D eigenvalue weighted by Gasteiger charge is 2.25. The second kappa shape index (κ2) is 5.58. The number of hydrogen-bond donors (Lipinski definition) is 2. The zero-order chi connectivity index (χ0) is 9.68. The highest BCUT2D eigenvalue weighted by atomic mass is 16.5. The lowest BCUT2D eigenvalue weighted by atomic mass is 10.1. The predicted octanol–water partition coefficient (Wildman–Crippen LogP) is 0.772. The summed E-state index contributed by atoms with van der Waals surface area (Å²) < 4.78 is 5.62. The molecule has 3 heteroatoms. The number of hydrogen-bond acceptors (Lipinski definition) is 3. The maximum Gasteiger partial charge on any atom is 0.0970 e. The van der Waals surface area contributed by atoms with E-state index in [2.05, 4.69) is 19.2 Å². The van der Waals surface area contributed by atoms with Crippen LogP contribution in [-0.4, -0.2) is 37.0 Å². The Balaban J connectivity index is 2.10. The van der Waals surface area contributed by atoms with E-state index in [4.69, 9.17) is 4.74 Å². The van der Waals surface area contributed by atoms with Gasteiger partial charge < -0.3 is 15.2 Å². The molecule has 0 bridgehead atoms. The number of aliphatic hydroxyl groups excluding tert-OH is 1. The van der Waals surface area contributed by atoms with Crippen LogP contribution in [0.1, 0.15) is 26.7 Å². The zero-order valence-corrected chi connectivity index (χ0v) is 8.62. The summed E-state index contributed by atoms with van der Waals surface area (Å²) in [6.45, 7) is 6.62. The molecule has 0 aromatic carbocycles. The van der Waals surface area contributed by atoms with Crippen LogP contribution in [0.2, 0.25) is 0 Å². The second-order valence-electron chi connectivity index (χ2n) is 3.99. The molecule has 2 N–H and O–H groups in total. The Kier molecular flexibility index (Phi) is 4.70. The summed E-state index contributed by atoms with van der Waals surface area (Å²) in [6.07, 6.45) is 2.11. The van der Waals surface area contributed by atoms with Gasteiger partial charge in [0.15, 0.2) is 0 Å². The van der Waals surface area contributed by atoms with E-state index in [0.717, 1.165) is 13.2 Å². The maximum atomic E-state index is 9.44. The van der Waals surface area contributed by atoms with Gasteiger partial charge in [0, 0.05) is 19.7 Å². The highest BCUT2D eigenvalue weighted by molar-refractivity contribution is 4.81. The van der Waals surface area contributed by atoms with Gasteiger partial charge in [0.05, 0.1) is 12.2 Å². The molecule has 0 spiro atoms. The summed E-state index contributed by atoms with van der Waals surface area (Å²) in [5.41, 5.74) is 0. The Morgan fingerprint density at radius 3 is 2.85 bits per heavy atom. The number of β-amino-alcohol motifs (C(OH)–C–C–N with tert-alkyl or cyclic N) is 1. The first-order valence-electron chi connectivity index (χ1n) is 5.24. The van der Waals surface area contributed by atoms with Crippen LogP contribution in [0.4, 0.5) is 0 Å². The summed E-state index contributed by atoms with van der Waals surface area (Å²) in [5, 5.41) is 12.5. The first-order valence-corrected chi connectivity index (χ1v) is 5.24. The van der Waals surface area contributed by atoms with Crippen LogP contribution in [-0.2, 0) is 4.74 Å². The molecule has 1 aliphatic heterocycles. The molecular weight excluding hydrogens is 166 g/mol. The fraction of sp³-hybridized carbons (Fsp3) is 1.00. The first-order chi connectivity index (χ1) is 6.24. The molecule has 1 fully saturated rings. The summed E-state index contributed by atoms with van der Waals surface area (Å²) in [7, 11) is 0. The van der Waals surface area contributed by atoms with E-state index < -0.39 is 0 Å². The van der Waals surface area contributed by atoms with Gasteiger partial charge in [-0.3, -0.25) is 0 Å². The summed E-state index contributed by atoms with van der Waals surface area (Å²) in [4.78, 5) is 0. The average molecular weight is 187 g/mol. The van der Waals surface area contributed by atoms with Crippen molar-refractivity contribution in [3.63, 3.8) is 0 Å². The van der Waals surface area contributed by atoms with Crippen molar-refractivity contribution in [3.05, 3.63) is 0 Å². The fourth-order valence-corrected chi connectivity index (χ4v) is 1.67. The molecule has 1 rings (SSSR count). The highest BCUT2D eigenvalue weighted by Crippen LogP contribution is 2.10. The minimum atomic E-state index is -0.311. The molecule has 0 radical (unpaired) electrons. The van der Waals surface area contributed by atoms with Gasteiger partial charge in [0.25, 0.3) is 0 Å². The summed E-state index contributed by atoms with van der Waals surface area (Å²) in [5.74, 6) is 0.609. The normalized spacial score (nSPS) is 30.7. The Morgan fingerprint density at radius 2 is 2.31 bits per heavy atom. The van der Waals surface area contributed by atoms with Gasteiger partial charge in [-0.2, -0.15) is 0 Å². The lowest BCUT2D eigenvalue weighted by molar-refractivity contribution is -0.0212. The number of aliphatic hydroxyl groups is 1. The van der Waals surface area contributed by atoms with E-state index in [1.807, 2.05) is 0 Å². The Bertz CT molecular complexity index is 141. The van der Waals surface area contributed by atoms with Crippen molar-refractivity contribution in [3.8, 4) is 0 Å². The Labute approximate surface area is 80.5 Å². The summed E-state index contributed by atoms with van der Waals surface area (Å²) in [6, 6.07) is 0. The summed E-state index contributed by atoms with van der Waals surface area (Å²) >= 11 is 0. The van der Waals surface area contributed by atoms with Gasteiger partial charge in [-0.15, -0.1) is 0 Å². The molecule has 3 atom stereocenters. The largest absolute Gasteiger partial charge is 0.389 e. The molecule has 1 saturated heterocycles. The molecule has 78 valence electrons. The lowest BCUT2D eigenvalue weighted by Crippen LogP contribution is -2.28. The van der Waals surface area contributed by atoms with Crippen LogP contribution >= 0.6 is 0 Å². The maximum absolute atomic E-state index is 9.44. The molecule has 0 aromatic heterocycles. The van der Waals surface area contributed by atoms with Gasteiger partial charge in [-0.05, 0) is 12.3 Å². The quantitative estimate of drug-likeness (QED) is 0.668. The Morgan fingerprint density at radius 1 is 1.54 bits per heavy atom. The first kappa shape index (κ1) is 11.0. The standard InChI is InChI=1S/C10H21NO2/c1-3-4-8(2)7-13-10-6-11-5-9(10)12/h8-12H,3-7H2,1-2H3. The van der Waals surface area contributed by atoms with E-state index in [9.17, 15) is 5.11 Å². The molecule has 0 aromatic rings. The number of nitrogens with one attached hydrogen (secondary N) is 1. The minimum absolute atomic E-state index is 0.0132. The van der Waals surface area contributed by atoms with E-state index >= 15 is 0 Å². The molecule has 0 saturated carbocycles. The molecule has 0 amide bonds. The van der Waals surface area contributed by atoms with E-state index in [0.29, 0.717) is 12.5 Å². The fourth-order valence-electron chi connectivity index (χ4n) is 1.67. The van der Waals surface area contributed by atoms with E-state index in [1.165, 1.54) is 12.8 Å². The van der Waals surface area contributed by atoms with Gasteiger partial charge in [0.1, 0.15) is 0 Å². The van der Waals surface area contributed by atoms with Gasteiger partial charge in [0.2, 0.25) is 0 Å². The molecule has 3 nitrogen and oxygen atoms in total. The second-order valence-corrected chi connectivity index (χ2v) is 3.99. The zero-order valence-electron chi connectivity index (χ0n) is 8.62. The number of rotatable bonds is 5. The van der Waals surface area contributed by atoms with Crippen molar-refractivity contribution >= 4 is 0 Å². The van der Waals surface area contributed by atoms with E-state index in [1.54, 1.807) is 0 Å². The Hall–Kier alpha value is -0.120. The predicted molar refractivity (Wildman–Crippen MR) is 52.7 cm³/mol. The third-order valence-electron chi connectivity index (χ3n) is 2.50. The van der Waals surface area contributed by atoms with Crippen molar-refractivity contribution in [1.82, 2.24) is 5.32 Å². The van der Waals surface area contributed by atoms with Crippen molar-refractivity contribution in [2.24, 2.45) is 5.92 Å². The van der Waals surface area contributed by atoms with Crippen LogP contribution < -0.4 is 5.32 Å². The van der Waals surface area contributed by atoms with Crippen LogP contribution in [0.25, 0.3) is 0 Å². The van der Waals surface area contributed by atoms with Gasteiger partial charge in [-0.1, -0.05) is 20.3 Å². The van der Waals surface area contributed by atoms with Crippen LogP contribution in [0.5, 0.6) is 0 Å². The van der Waals surface area contributed by atoms with Crippen LogP contribution in [0.15, 0.2) is 0 Å². The van der Waals surface area contributed by atoms with Gasteiger partial charge in [-0.25, -0.2) is 0 Å². The van der Waals surface area contributed by atoms with Crippen molar-refractivity contribution in [2.75, 3.05) is 19.7 Å². The SMILES string of the molecule is CCCC(C)COC1CNCC1O. The number of ether oxygens (including phenoxy) is 1. The third-order valence-corrected chi connectivity index (χ3v) is 2.50. The molecule has 1 heterocycles. The van der Waals surface area contributed by atoms with E-state index in [-0.39, 0.29) is 12.2 Å². The molecule has 1 aliphatic rings. The minimum Gasteiger partial charge on any atom is -0.389 e. The monoisotopic (exact) mass is 187 g/mol. The molecule has 13 heavy (non-hydrogen) atoms. The smallest absolute Gasteiger partial charge is 0.0970 e.